The molecule has 0 bridgehead atoms. The van der Waals surface area contributed by atoms with Gasteiger partial charge in [0.15, 0.2) is 5.82 Å². The molecule has 1 unspecified atom stereocenters. The van der Waals surface area contributed by atoms with Crippen molar-refractivity contribution in [1.29, 1.82) is 0 Å². The first-order chi connectivity index (χ1) is 12.3. The van der Waals surface area contributed by atoms with Crippen LogP contribution < -0.4 is 16.0 Å². The molecule has 0 amide bonds. The quantitative estimate of drug-likeness (QED) is 0.766. The molecule has 2 aromatic rings. The monoisotopic (exact) mass is 417 g/mol. The van der Waals surface area contributed by atoms with Gasteiger partial charge in [0.05, 0.1) is 18.8 Å². The van der Waals surface area contributed by atoms with Gasteiger partial charge in [-0.1, -0.05) is 40.9 Å². The van der Waals surface area contributed by atoms with E-state index in [1.165, 1.54) is 6.20 Å². The van der Waals surface area contributed by atoms with Gasteiger partial charge in [-0.25, -0.2) is 9.37 Å². The third kappa shape index (κ3) is 4.31. The maximum atomic E-state index is 13.9. The van der Waals surface area contributed by atoms with Crippen molar-refractivity contribution in [2.24, 2.45) is 5.73 Å². The fourth-order valence-corrected chi connectivity index (χ4v) is 3.57. The number of nitrogens with one attached hydrogen (secondary N) is 1. The van der Waals surface area contributed by atoms with E-state index in [-0.39, 0.29) is 12.6 Å². The summed E-state index contributed by atoms with van der Waals surface area (Å²) in [5, 5.41) is 4.72. The number of halogens is 4. The Kier molecular flexibility index (Phi) is 6.07. The highest BCUT2D eigenvalue weighted by Gasteiger charge is 2.28. The van der Waals surface area contributed by atoms with Crippen LogP contribution in [0.25, 0.3) is 0 Å². The van der Waals surface area contributed by atoms with Crippen molar-refractivity contribution in [3.05, 3.63) is 45.0 Å². The fourth-order valence-electron chi connectivity index (χ4n) is 2.85. The standard InChI is InChI=1S/C17H19Cl3FN5/c1-9(11-3-2-10(18)6-12(11)19)24-16-13(20)7-23-17(25-16)26-5-4-15(22)14(21)8-26/h2-3,6-7,9,14-15H,4-5,8,22H2,1H3,(H,23,24,25)/t9?,14-,15-/m0/s1. The Bertz CT molecular complexity index is 791. The maximum Gasteiger partial charge on any atom is 0.227 e. The first kappa shape index (κ1) is 19.4. The summed E-state index contributed by atoms with van der Waals surface area (Å²) in [5.41, 5.74) is 6.59. The first-order valence-electron chi connectivity index (χ1n) is 8.23. The number of rotatable bonds is 4. The summed E-state index contributed by atoms with van der Waals surface area (Å²) >= 11 is 18.4. The lowest BCUT2D eigenvalue weighted by atomic mass is 10.0. The van der Waals surface area contributed by atoms with E-state index in [0.717, 1.165) is 5.56 Å². The summed E-state index contributed by atoms with van der Waals surface area (Å²) in [6.07, 6.45) is 0.947. The molecule has 1 fully saturated rings. The second kappa shape index (κ2) is 8.13. The lowest BCUT2D eigenvalue weighted by molar-refractivity contribution is 0.250. The van der Waals surface area contributed by atoms with E-state index >= 15 is 0 Å². The molecular weight excluding hydrogens is 400 g/mol. The van der Waals surface area contributed by atoms with Crippen LogP contribution in [0.5, 0.6) is 0 Å². The summed E-state index contributed by atoms with van der Waals surface area (Å²) in [5.74, 6) is 0.876. The van der Waals surface area contributed by atoms with Crippen molar-refractivity contribution in [1.82, 2.24) is 9.97 Å². The summed E-state index contributed by atoms with van der Waals surface area (Å²) in [6, 6.07) is 4.69. The van der Waals surface area contributed by atoms with Gasteiger partial charge in [0.25, 0.3) is 0 Å². The molecule has 1 saturated heterocycles. The van der Waals surface area contributed by atoms with Crippen LogP contribution in [0.2, 0.25) is 15.1 Å². The van der Waals surface area contributed by atoms with Gasteiger partial charge in [-0.15, -0.1) is 0 Å². The van der Waals surface area contributed by atoms with Gasteiger partial charge in [-0.05, 0) is 31.0 Å². The molecular formula is C17H19Cl3FN5. The second-order valence-electron chi connectivity index (χ2n) is 6.31. The number of nitrogens with zero attached hydrogens (tertiary/aromatic N) is 3. The van der Waals surface area contributed by atoms with E-state index in [2.05, 4.69) is 15.3 Å². The number of aromatic nitrogens is 2. The van der Waals surface area contributed by atoms with Crippen molar-refractivity contribution in [3.63, 3.8) is 0 Å². The maximum absolute atomic E-state index is 13.9. The van der Waals surface area contributed by atoms with Gasteiger partial charge < -0.3 is 16.0 Å². The smallest absolute Gasteiger partial charge is 0.227 e. The van der Waals surface area contributed by atoms with Crippen molar-refractivity contribution in [2.45, 2.75) is 31.6 Å². The highest BCUT2D eigenvalue weighted by molar-refractivity contribution is 6.35. The van der Waals surface area contributed by atoms with Gasteiger partial charge in [-0.2, -0.15) is 4.98 Å². The van der Waals surface area contributed by atoms with E-state index in [0.29, 0.717) is 39.8 Å². The Morgan fingerprint density at radius 1 is 1.31 bits per heavy atom. The topological polar surface area (TPSA) is 67.1 Å². The molecule has 26 heavy (non-hydrogen) atoms. The molecule has 3 rings (SSSR count). The Morgan fingerprint density at radius 2 is 2.08 bits per heavy atom. The van der Waals surface area contributed by atoms with Gasteiger partial charge in [0.1, 0.15) is 11.2 Å². The van der Waals surface area contributed by atoms with Crippen LogP contribution in [0, 0.1) is 0 Å². The van der Waals surface area contributed by atoms with Crippen molar-refractivity contribution in [2.75, 3.05) is 23.3 Å². The lowest BCUT2D eigenvalue weighted by Crippen LogP contribution is -2.49. The van der Waals surface area contributed by atoms with Crippen LogP contribution in [0.1, 0.15) is 24.9 Å². The van der Waals surface area contributed by atoms with Crippen LogP contribution in [-0.4, -0.2) is 35.3 Å². The minimum absolute atomic E-state index is 0.163. The van der Waals surface area contributed by atoms with E-state index in [1.807, 2.05) is 13.0 Å². The molecule has 1 aliphatic rings. The Labute approximate surface area is 166 Å². The molecule has 140 valence electrons. The predicted molar refractivity (Wildman–Crippen MR) is 105 cm³/mol. The van der Waals surface area contributed by atoms with E-state index in [1.54, 1.807) is 17.0 Å². The minimum atomic E-state index is -1.11. The SMILES string of the molecule is CC(Nc1nc(N2CC[C@H](N)[C@@H](F)C2)ncc1Cl)c1ccc(Cl)cc1Cl. The predicted octanol–water partition coefficient (Wildman–Crippen LogP) is 4.49. The van der Waals surface area contributed by atoms with Crippen molar-refractivity contribution >= 4 is 46.6 Å². The molecule has 9 heteroatoms. The van der Waals surface area contributed by atoms with Crippen molar-refractivity contribution < 1.29 is 4.39 Å². The second-order valence-corrected chi connectivity index (χ2v) is 7.56. The lowest BCUT2D eigenvalue weighted by Gasteiger charge is -2.33. The summed E-state index contributed by atoms with van der Waals surface area (Å²) in [7, 11) is 0. The van der Waals surface area contributed by atoms with Crippen LogP contribution >= 0.6 is 34.8 Å². The molecule has 0 saturated carbocycles. The number of alkyl halides is 1. The molecule has 3 atom stereocenters. The summed E-state index contributed by atoms with van der Waals surface area (Å²) in [6.45, 7) is 2.70. The van der Waals surface area contributed by atoms with Gasteiger partial charge in [0, 0.05) is 22.6 Å². The molecule has 3 N–H and O–H groups in total. The van der Waals surface area contributed by atoms with Crippen molar-refractivity contribution in [3.8, 4) is 0 Å². The van der Waals surface area contributed by atoms with E-state index < -0.39 is 12.2 Å². The Morgan fingerprint density at radius 3 is 2.77 bits per heavy atom. The van der Waals surface area contributed by atoms with Crippen LogP contribution in [0.15, 0.2) is 24.4 Å². The van der Waals surface area contributed by atoms with Gasteiger partial charge >= 0.3 is 0 Å². The number of piperidine rings is 1. The fraction of sp³-hybridized carbons (Fsp3) is 0.412. The average molecular weight is 419 g/mol. The summed E-state index contributed by atoms with van der Waals surface area (Å²) < 4.78 is 13.9. The zero-order valence-corrected chi connectivity index (χ0v) is 16.4. The van der Waals surface area contributed by atoms with Crippen LogP contribution in [0.4, 0.5) is 16.2 Å². The van der Waals surface area contributed by atoms with Gasteiger partial charge in [-0.3, -0.25) is 0 Å². The molecule has 5 nitrogen and oxygen atoms in total. The van der Waals surface area contributed by atoms with E-state index in [4.69, 9.17) is 40.5 Å². The number of anilines is 2. The highest BCUT2D eigenvalue weighted by atomic mass is 35.5. The number of hydrogen-bond donors (Lipinski definition) is 2. The number of nitrogens with two attached hydrogens (primary N) is 1. The van der Waals surface area contributed by atoms with Gasteiger partial charge in [0.2, 0.25) is 5.95 Å². The molecule has 0 radical (unpaired) electrons. The Hall–Kier alpha value is -1.34. The highest BCUT2D eigenvalue weighted by Crippen LogP contribution is 2.31. The zero-order chi connectivity index (χ0) is 18.8. The molecule has 1 aliphatic heterocycles. The Balaban J connectivity index is 1.79. The largest absolute Gasteiger partial charge is 0.362 e. The van der Waals surface area contributed by atoms with E-state index in [9.17, 15) is 4.39 Å². The first-order valence-corrected chi connectivity index (χ1v) is 9.37. The molecule has 1 aromatic carbocycles. The average Bonchev–Trinajstić information content (AvgIpc) is 2.59. The molecule has 0 aliphatic carbocycles. The van der Waals surface area contributed by atoms with Crippen LogP contribution in [-0.2, 0) is 0 Å². The molecule has 0 spiro atoms. The number of benzene rings is 1. The normalized spacial score (nSPS) is 21.5. The third-order valence-electron chi connectivity index (χ3n) is 4.39. The third-order valence-corrected chi connectivity index (χ3v) is 5.23. The van der Waals surface area contributed by atoms with Crippen LogP contribution in [0.3, 0.4) is 0 Å². The zero-order valence-electron chi connectivity index (χ0n) is 14.1. The minimum Gasteiger partial charge on any atom is -0.362 e. The molecule has 2 heterocycles. The molecule has 1 aromatic heterocycles. The summed E-state index contributed by atoms with van der Waals surface area (Å²) in [4.78, 5) is 10.5. The number of hydrogen-bond acceptors (Lipinski definition) is 5.